The van der Waals surface area contributed by atoms with Crippen LogP contribution in [0.5, 0.6) is 0 Å². The molecule has 1 aromatic carbocycles. The van der Waals surface area contributed by atoms with Crippen LogP contribution in [0, 0.1) is 18.7 Å². The van der Waals surface area contributed by atoms with Crippen molar-refractivity contribution < 1.29 is 9.13 Å². The average Bonchev–Trinajstić information content (AvgIpc) is 2.35. The van der Waals surface area contributed by atoms with Gasteiger partial charge in [0.1, 0.15) is 5.82 Å². The summed E-state index contributed by atoms with van der Waals surface area (Å²) in [4.78, 5) is 0. The van der Waals surface area contributed by atoms with Crippen LogP contribution >= 0.6 is 0 Å². The van der Waals surface area contributed by atoms with Crippen LogP contribution in [0.15, 0.2) is 18.2 Å². The molecule has 19 heavy (non-hydrogen) atoms. The van der Waals surface area contributed by atoms with E-state index in [0.29, 0.717) is 5.92 Å². The first-order chi connectivity index (χ1) is 9.08. The molecule has 0 saturated heterocycles. The predicted molar refractivity (Wildman–Crippen MR) is 77.8 cm³/mol. The fourth-order valence-electron chi connectivity index (χ4n) is 2.36. The first-order valence-electron chi connectivity index (χ1n) is 7.07. The number of hydrogen-bond donors (Lipinski definition) is 1. The van der Waals surface area contributed by atoms with Gasteiger partial charge in [-0.15, -0.1) is 0 Å². The lowest BCUT2D eigenvalue weighted by Gasteiger charge is -2.26. The number of rotatable bonds is 8. The van der Waals surface area contributed by atoms with Crippen LogP contribution < -0.4 is 5.32 Å². The normalized spacial score (nSPS) is 14.4. The van der Waals surface area contributed by atoms with Crippen LogP contribution in [-0.4, -0.2) is 20.3 Å². The summed E-state index contributed by atoms with van der Waals surface area (Å²) in [5.74, 6) is 0.255. The minimum Gasteiger partial charge on any atom is -0.385 e. The number of methoxy groups -OCH3 is 1. The number of halogens is 1. The first-order valence-corrected chi connectivity index (χ1v) is 7.07. The van der Waals surface area contributed by atoms with Gasteiger partial charge in [0.25, 0.3) is 0 Å². The van der Waals surface area contributed by atoms with Crippen LogP contribution in [-0.2, 0) is 4.74 Å². The minimum atomic E-state index is -0.155. The van der Waals surface area contributed by atoms with Crippen LogP contribution in [0.3, 0.4) is 0 Å². The summed E-state index contributed by atoms with van der Waals surface area (Å²) in [6, 6.07) is 5.47. The molecule has 108 valence electrons. The molecule has 0 amide bonds. The summed E-state index contributed by atoms with van der Waals surface area (Å²) in [5, 5.41) is 3.53. The Morgan fingerprint density at radius 3 is 2.63 bits per heavy atom. The molecule has 0 aromatic heterocycles. The van der Waals surface area contributed by atoms with Crippen molar-refractivity contribution in [2.24, 2.45) is 5.92 Å². The highest BCUT2D eigenvalue weighted by atomic mass is 19.1. The van der Waals surface area contributed by atoms with E-state index >= 15 is 0 Å². The summed E-state index contributed by atoms with van der Waals surface area (Å²) >= 11 is 0. The Kier molecular flexibility index (Phi) is 7.03. The van der Waals surface area contributed by atoms with E-state index in [-0.39, 0.29) is 11.9 Å². The number of nitrogens with one attached hydrogen (secondary N) is 1. The zero-order valence-electron chi connectivity index (χ0n) is 12.5. The molecule has 2 nitrogen and oxygen atoms in total. The molecule has 2 atom stereocenters. The predicted octanol–water partition coefficient (Wildman–Crippen LogP) is 3.85. The van der Waals surface area contributed by atoms with E-state index in [1.54, 1.807) is 19.2 Å². The number of hydrogen-bond acceptors (Lipinski definition) is 2. The van der Waals surface area contributed by atoms with Crippen LogP contribution in [0.4, 0.5) is 4.39 Å². The van der Waals surface area contributed by atoms with Gasteiger partial charge >= 0.3 is 0 Å². The molecular weight excluding hydrogens is 241 g/mol. The number of aryl methyl sites for hydroxylation is 1. The quantitative estimate of drug-likeness (QED) is 0.772. The first kappa shape index (κ1) is 16.1. The molecular formula is C16H26FNO. The highest BCUT2D eigenvalue weighted by Gasteiger charge is 2.19. The molecule has 1 rings (SSSR count). The minimum absolute atomic E-state index is 0.155. The van der Waals surface area contributed by atoms with E-state index in [1.807, 2.05) is 6.92 Å². The van der Waals surface area contributed by atoms with Crippen LogP contribution in [0.25, 0.3) is 0 Å². The SMILES string of the molecule is CCCNC(c1cc(C)cc(F)c1)C(C)CCOC. The lowest BCUT2D eigenvalue weighted by atomic mass is 9.91. The van der Waals surface area contributed by atoms with E-state index in [4.69, 9.17) is 4.74 Å². The summed E-state index contributed by atoms with van der Waals surface area (Å²) in [6.07, 6.45) is 2.04. The number of ether oxygens (including phenoxy) is 1. The van der Waals surface area contributed by atoms with Gasteiger partial charge in [0.15, 0.2) is 0 Å². The highest BCUT2D eigenvalue weighted by molar-refractivity contribution is 5.26. The van der Waals surface area contributed by atoms with Crippen molar-refractivity contribution in [2.45, 2.75) is 39.7 Å². The van der Waals surface area contributed by atoms with Gasteiger partial charge in [-0.2, -0.15) is 0 Å². The van der Waals surface area contributed by atoms with Crippen molar-refractivity contribution in [2.75, 3.05) is 20.3 Å². The highest BCUT2D eigenvalue weighted by Crippen LogP contribution is 2.26. The van der Waals surface area contributed by atoms with E-state index in [1.165, 1.54) is 0 Å². The van der Waals surface area contributed by atoms with E-state index in [9.17, 15) is 4.39 Å². The van der Waals surface area contributed by atoms with Crippen molar-refractivity contribution in [3.05, 3.63) is 35.1 Å². The Bertz CT molecular complexity index is 361. The van der Waals surface area contributed by atoms with Gasteiger partial charge in [-0.1, -0.05) is 19.9 Å². The fraction of sp³-hybridized carbons (Fsp3) is 0.625. The monoisotopic (exact) mass is 267 g/mol. The second-order valence-electron chi connectivity index (χ2n) is 5.25. The third-order valence-electron chi connectivity index (χ3n) is 3.38. The lowest BCUT2D eigenvalue weighted by Crippen LogP contribution is -2.28. The maximum absolute atomic E-state index is 13.6. The third kappa shape index (κ3) is 5.29. The molecule has 2 unspecified atom stereocenters. The Labute approximate surface area is 116 Å². The molecule has 0 fully saturated rings. The summed E-state index contributed by atoms with van der Waals surface area (Å²) in [6.45, 7) is 7.94. The summed E-state index contributed by atoms with van der Waals surface area (Å²) in [5.41, 5.74) is 2.01. The lowest BCUT2D eigenvalue weighted by molar-refractivity contribution is 0.170. The topological polar surface area (TPSA) is 21.3 Å². The summed E-state index contributed by atoms with van der Waals surface area (Å²) in [7, 11) is 1.72. The van der Waals surface area contributed by atoms with Gasteiger partial charge in [-0.25, -0.2) is 4.39 Å². The maximum atomic E-state index is 13.6. The van der Waals surface area contributed by atoms with Crippen molar-refractivity contribution >= 4 is 0 Å². The maximum Gasteiger partial charge on any atom is 0.123 e. The molecule has 0 aliphatic heterocycles. The molecule has 3 heteroatoms. The molecule has 0 heterocycles. The molecule has 0 aliphatic rings. The largest absolute Gasteiger partial charge is 0.385 e. The average molecular weight is 267 g/mol. The Balaban J connectivity index is 2.87. The van der Waals surface area contributed by atoms with Gasteiger partial charge in [0.05, 0.1) is 0 Å². The van der Waals surface area contributed by atoms with Crippen molar-refractivity contribution in [3.8, 4) is 0 Å². The Hall–Kier alpha value is -0.930. The van der Waals surface area contributed by atoms with Crippen LogP contribution in [0.1, 0.15) is 43.9 Å². The second kappa shape index (κ2) is 8.28. The molecule has 0 bridgehead atoms. The van der Waals surface area contributed by atoms with Crippen molar-refractivity contribution in [3.63, 3.8) is 0 Å². The number of benzene rings is 1. The van der Waals surface area contributed by atoms with E-state index in [0.717, 1.165) is 37.1 Å². The van der Waals surface area contributed by atoms with Crippen molar-refractivity contribution in [1.82, 2.24) is 5.32 Å². The fourth-order valence-corrected chi connectivity index (χ4v) is 2.36. The van der Waals surface area contributed by atoms with E-state index < -0.39 is 0 Å². The Morgan fingerprint density at radius 2 is 2.05 bits per heavy atom. The van der Waals surface area contributed by atoms with Gasteiger partial charge in [0, 0.05) is 19.8 Å². The van der Waals surface area contributed by atoms with Gasteiger partial charge in [0.2, 0.25) is 0 Å². The van der Waals surface area contributed by atoms with Gasteiger partial charge < -0.3 is 10.1 Å². The summed E-state index contributed by atoms with van der Waals surface area (Å²) < 4.78 is 18.7. The van der Waals surface area contributed by atoms with Crippen molar-refractivity contribution in [1.29, 1.82) is 0 Å². The standard InChI is InChI=1S/C16H26FNO/c1-5-7-18-16(13(3)6-8-19-4)14-9-12(2)10-15(17)11-14/h9-11,13,16,18H,5-8H2,1-4H3. The molecule has 0 spiro atoms. The zero-order chi connectivity index (χ0) is 14.3. The molecule has 0 aliphatic carbocycles. The molecule has 1 aromatic rings. The van der Waals surface area contributed by atoms with Gasteiger partial charge in [-0.05, 0) is 55.5 Å². The molecule has 1 N–H and O–H groups in total. The van der Waals surface area contributed by atoms with E-state index in [2.05, 4.69) is 25.2 Å². The van der Waals surface area contributed by atoms with Crippen LogP contribution in [0.2, 0.25) is 0 Å². The third-order valence-corrected chi connectivity index (χ3v) is 3.38. The molecule has 0 radical (unpaired) electrons. The second-order valence-corrected chi connectivity index (χ2v) is 5.25. The van der Waals surface area contributed by atoms with Gasteiger partial charge in [-0.3, -0.25) is 0 Å². The smallest absolute Gasteiger partial charge is 0.123 e. The zero-order valence-corrected chi connectivity index (χ0v) is 12.5. The Morgan fingerprint density at radius 1 is 1.32 bits per heavy atom. The molecule has 0 saturated carbocycles.